The fourth-order valence-electron chi connectivity index (χ4n) is 2.32. The van der Waals surface area contributed by atoms with Crippen LogP contribution in [-0.4, -0.2) is 6.29 Å². The number of rotatable bonds is 5. The standard InChI is InChI=1S/C18H20O2/c1-13-9-17(18(10-19)15(3)14(13)2)12-20-11-16-7-5-4-6-8-16/h4-10H,11-12H2,1-3H3. The van der Waals surface area contributed by atoms with E-state index in [0.717, 1.165) is 28.5 Å². The molecule has 0 heterocycles. The lowest BCUT2D eigenvalue weighted by atomic mass is 9.95. The first-order valence-corrected chi connectivity index (χ1v) is 6.80. The van der Waals surface area contributed by atoms with Gasteiger partial charge in [-0.25, -0.2) is 0 Å². The van der Waals surface area contributed by atoms with E-state index in [-0.39, 0.29) is 0 Å². The van der Waals surface area contributed by atoms with Gasteiger partial charge < -0.3 is 4.74 Å². The Morgan fingerprint density at radius 1 is 1.00 bits per heavy atom. The molecule has 0 aliphatic carbocycles. The van der Waals surface area contributed by atoms with Crippen molar-refractivity contribution in [1.29, 1.82) is 0 Å². The van der Waals surface area contributed by atoms with Gasteiger partial charge in [-0.15, -0.1) is 0 Å². The molecule has 2 aromatic carbocycles. The molecule has 104 valence electrons. The summed E-state index contributed by atoms with van der Waals surface area (Å²) in [4.78, 5) is 11.3. The van der Waals surface area contributed by atoms with E-state index in [0.29, 0.717) is 13.2 Å². The molecule has 0 radical (unpaired) electrons. The molecule has 2 heteroatoms. The Labute approximate surface area is 120 Å². The van der Waals surface area contributed by atoms with E-state index in [9.17, 15) is 4.79 Å². The molecule has 0 saturated heterocycles. The van der Waals surface area contributed by atoms with Crippen molar-refractivity contribution >= 4 is 6.29 Å². The van der Waals surface area contributed by atoms with Crippen molar-refractivity contribution in [3.8, 4) is 0 Å². The summed E-state index contributed by atoms with van der Waals surface area (Å²) >= 11 is 0. The molecule has 2 nitrogen and oxygen atoms in total. The lowest BCUT2D eigenvalue weighted by molar-refractivity contribution is 0.103. The predicted molar refractivity (Wildman–Crippen MR) is 81.0 cm³/mol. The third-order valence-corrected chi connectivity index (χ3v) is 3.78. The lowest BCUT2D eigenvalue weighted by Crippen LogP contribution is -2.03. The number of carbonyl (C=O) groups is 1. The SMILES string of the molecule is Cc1cc(COCc2ccccc2)c(C=O)c(C)c1C. The van der Waals surface area contributed by atoms with E-state index in [1.165, 1.54) is 11.1 Å². The Hall–Kier alpha value is -1.93. The molecule has 2 aromatic rings. The molecule has 0 N–H and O–H groups in total. The first-order chi connectivity index (χ1) is 9.63. The highest BCUT2D eigenvalue weighted by Crippen LogP contribution is 2.21. The van der Waals surface area contributed by atoms with Crippen LogP contribution in [0.4, 0.5) is 0 Å². The molecule has 0 saturated carbocycles. The van der Waals surface area contributed by atoms with Crippen LogP contribution in [0.25, 0.3) is 0 Å². The smallest absolute Gasteiger partial charge is 0.150 e. The average molecular weight is 268 g/mol. The second-order valence-corrected chi connectivity index (χ2v) is 5.11. The minimum absolute atomic E-state index is 0.463. The number of ether oxygens (including phenoxy) is 1. The van der Waals surface area contributed by atoms with E-state index in [4.69, 9.17) is 4.74 Å². The molecular formula is C18H20O2. The fourth-order valence-corrected chi connectivity index (χ4v) is 2.32. The molecule has 0 aliphatic heterocycles. The second kappa shape index (κ2) is 6.49. The van der Waals surface area contributed by atoms with Gasteiger partial charge in [0.05, 0.1) is 13.2 Å². The van der Waals surface area contributed by atoms with Crippen LogP contribution >= 0.6 is 0 Å². The molecule has 0 bridgehead atoms. The van der Waals surface area contributed by atoms with Crippen molar-refractivity contribution in [2.24, 2.45) is 0 Å². The summed E-state index contributed by atoms with van der Waals surface area (Å²) in [5.41, 5.74) is 6.31. The summed E-state index contributed by atoms with van der Waals surface area (Å²) in [6.45, 7) is 7.13. The summed E-state index contributed by atoms with van der Waals surface area (Å²) in [6, 6.07) is 12.1. The number of aldehydes is 1. The van der Waals surface area contributed by atoms with Crippen molar-refractivity contribution in [2.45, 2.75) is 34.0 Å². The molecule has 0 amide bonds. The van der Waals surface area contributed by atoms with Gasteiger partial charge in [0.25, 0.3) is 0 Å². The Morgan fingerprint density at radius 2 is 1.70 bits per heavy atom. The normalized spacial score (nSPS) is 10.6. The van der Waals surface area contributed by atoms with Gasteiger partial charge in [-0.2, -0.15) is 0 Å². The molecule has 0 atom stereocenters. The Balaban J connectivity index is 2.12. The van der Waals surface area contributed by atoms with Crippen LogP contribution in [0.1, 0.15) is 38.2 Å². The largest absolute Gasteiger partial charge is 0.372 e. The highest BCUT2D eigenvalue weighted by atomic mass is 16.5. The van der Waals surface area contributed by atoms with Gasteiger partial charge in [-0.05, 0) is 48.6 Å². The van der Waals surface area contributed by atoms with Gasteiger partial charge in [0, 0.05) is 5.56 Å². The van der Waals surface area contributed by atoms with Crippen molar-refractivity contribution < 1.29 is 9.53 Å². The maximum Gasteiger partial charge on any atom is 0.150 e. The minimum atomic E-state index is 0.463. The second-order valence-electron chi connectivity index (χ2n) is 5.11. The molecule has 0 aromatic heterocycles. The van der Waals surface area contributed by atoms with E-state index in [1.54, 1.807) is 0 Å². The number of carbonyl (C=O) groups excluding carboxylic acids is 1. The van der Waals surface area contributed by atoms with Crippen LogP contribution in [0.15, 0.2) is 36.4 Å². The van der Waals surface area contributed by atoms with Gasteiger partial charge >= 0.3 is 0 Å². The van der Waals surface area contributed by atoms with Crippen LogP contribution < -0.4 is 0 Å². The molecular weight excluding hydrogens is 248 g/mol. The zero-order chi connectivity index (χ0) is 14.5. The quantitative estimate of drug-likeness (QED) is 0.762. The van der Waals surface area contributed by atoms with Gasteiger partial charge in [-0.1, -0.05) is 36.4 Å². The highest BCUT2D eigenvalue weighted by molar-refractivity contribution is 5.80. The third-order valence-electron chi connectivity index (χ3n) is 3.78. The van der Waals surface area contributed by atoms with Crippen LogP contribution in [-0.2, 0) is 18.0 Å². The van der Waals surface area contributed by atoms with Crippen LogP contribution in [0.3, 0.4) is 0 Å². The number of benzene rings is 2. The van der Waals surface area contributed by atoms with Crippen molar-refractivity contribution in [1.82, 2.24) is 0 Å². The summed E-state index contributed by atoms with van der Waals surface area (Å²) in [5.74, 6) is 0. The number of hydrogen-bond donors (Lipinski definition) is 0. The molecule has 20 heavy (non-hydrogen) atoms. The van der Waals surface area contributed by atoms with Gasteiger partial charge in [0.1, 0.15) is 0 Å². The van der Waals surface area contributed by atoms with Crippen LogP contribution in [0.5, 0.6) is 0 Å². The van der Waals surface area contributed by atoms with Crippen LogP contribution in [0, 0.1) is 20.8 Å². The van der Waals surface area contributed by atoms with E-state index >= 15 is 0 Å². The molecule has 0 aliphatic rings. The summed E-state index contributed by atoms with van der Waals surface area (Å²) in [7, 11) is 0. The monoisotopic (exact) mass is 268 g/mol. The highest BCUT2D eigenvalue weighted by Gasteiger charge is 2.10. The van der Waals surface area contributed by atoms with E-state index < -0.39 is 0 Å². The van der Waals surface area contributed by atoms with Gasteiger partial charge in [0.2, 0.25) is 0 Å². The average Bonchev–Trinajstić information content (AvgIpc) is 2.46. The van der Waals surface area contributed by atoms with Crippen molar-refractivity contribution in [3.63, 3.8) is 0 Å². The summed E-state index contributed by atoms with van der Waals surface area (Å²) in [5, 5.41) is 0. The minimum Gasteiger partial charge on any atom is -0.372 e. The van der Waals surface area contributed by atoms with E-state index in [2.05, 4.69) is 13.0 Å². The first kappa shape index (κ1) is 14.5. The fraction of sp³-hybridized carbons (Fsp3) is 0.278. The maximum atomic E-state index is 11.3. The lowest BCUT2D eigenvalue weighted by Gasteiger charge is -2.13. The first-order valence-electron chi connectivity index (χ1n) is 6.80. The van der Waals surface area contributed by atoms with Crippen molar-refractivity contribution in [2.75, 3.05) is 0 Å². The zero-order valence-corrected chi connectivity index (χ0v) is 12.3. The molecule has 0 unspecified atom stereocenters. The molecule has 2 rings (SSSR count). The summed E-state index contributed by atoms with van der Waals surface area (Å²) in [6.07, 6.45) is 0.934. The van der Waals surface area contributed by atoms with E-state index in [1.807, 2.05) is 44.2 Å². The topological polar surface area (TPSA) is 26.3 Å². The van der Waals surface area contributed by atoms with Gasteiger partial charge in [0.15, 0.2) is 6.29 Å². The zero-order valence-electron chi connectivity index (χ0n) is 12.3. The Bertz CT molecular complexity index is 601. The van der Waals surface area contributed by atoms with Crippen molar-refractivity contribution in [3.05, 3.63) is 69.8 Å². The van der Waals surface area contributed by atoms with Crippen LogP contribution in [0.2, 0.25) is 0 Å². The molecule has 0 spiro atoms. The number of aryl methyl sites for hydroxylation is 1. The summed E-state index contributed by atoms with van der Waals surface area (Å²) < 4.78 is 5.74. The Morgan fingerprint density at radius 3 is 2.35 bits per heavy atom. The van der Waals surface area contributed by atoms with Gasteiger partial charge in [-0.3, -0.25) is 4.79 Å². The third kappa shape index (κ3) is 3.14. The molecule has 0 fully saturated rings. The predicted octanol–water partition coefficient (Wildman–Crippen LogP) is 4.14. The maximum absolute atomic E-state index is 11.3. The number of hydrogen-bond acceptors (Lipinski definition) is 2. The Kier molecular flexibility index (Phi) is 4.70.